The third kappa shape index (κ3) is 3.69. The van der Waals surface area contributed by atoms with Gasteiger partial charge in [-0.25, -0.2) is 0 Å². The van der Waals surface area contributed by atoms with Crippen LogP contribution in [0.15, 0.2) is 24.4 Å². The van der Waals surface area contributed by atoms with Gasteiger partial charge in [-0.2, -0.15) is 0 Å². The molecule has 124 valence electrons. The van der Waals surface area contributed by atoms with Gasteiger partial charge in [-0.05, 0) is 18.6 Å². The van der Waals surface area contributed by atoms with E-state index in [1.54, 1.807) is 11.1 Å². The van der Waals surface area contributed by atoms with Crippen LogP contribution in [0.1, 0.15) is 25.5 Å². The Morgan fingerprint density at radius 1 is 1.39 bits per heavy atom. The van der Waals surface area contributed by atoms with Crippen molar-refractivity contribution in [2.45, 2.75) is 32.4 Å². The minimum absolute atomic E-state index is 0.0364. The van der Waals surface area contributed by atoms with E-state index in [9.17, 15) is 9.59 Å². The largest absolute Gasteiger partial charge is 0.375 e. The molecule has 0 unspecified atom stereocenters. The molecule has 0 N–H and O–H groups in total. The molecule has 3 rings (SSSR count). The fourth-order valence-corrected chi connectivity index (χ4v) is 3.20. The van der Waals surface area contributed by atoms with Gasteiger partial charge < -0.3 is 14.5 Å². The zero-order valence-corrected chi connectivity index (χ0v) is 13.5. The third-order valence-corrected chi connectivity index (χ3v) is 4.55. The monoisotopic (exact) mass is 317 g/mol. The van der Waals surface area contributed by atoms with Crippen molar-refractivity contribution in [1.29, 1.82) is 0 Å². The molecule has 6 nitrogen and oxygen atoms in total. The van der Waals surface area contributed by atoms with E-state index in [1.807, 2.05) is 23.1 Å². The van der Waals surface area contributed by atoms with Gasteiger partial charge in [0.15, 0.2) is 0 Å². The van der Waals surface area contributed by atoms with E-state index in [0.717, 1.165) is 12.1 Å². The Kier molecular flexibility index (Phi) is 4.91. The molecular weight excluding hydrogens is 294 g/mol. The van der Waals surface area contributed by atoms with Crippen LogP contribution in [-0.2, 0) is 20.9 Å². The van der Waals surface area contributed by atoms with Gasteiger partial charge in [-0.15, -0.1) is 0 Å². The van der Waals surface area contributed by atoms with Crippen molar-refractivity contribution in [1.82, 2.24) is 14.8 Å². The second-order valence-corrected chi connectivity index (χ2v) is 6.18. The summed E-state index contributed by atoms with van der Waals surface area (Å²) >= 11 is 0. The van der Waals surface area contributed by atoms with Crippen molar-refractivity contribution in [3.8, 4) is 0 Å². The molecule has 2 atom stereocenters. The second-order valence-electron chi connectivity index (χ2n) is 6.18. The average molecular weight is 317 g/mol. The number of pyridine rings is 1. The van der Waals surface area contributed by atoms with Crippen molar-refractivity contribution in [2.75, 3.05) is 26.2 Å². The quantitative estimate of drug-likeness (QED) is 0.833. The van der Waals surface area contributed by atoms with E-state index >= 15 is 0 Å². The minimum atomic E-state index is -0.234. The lowest BCUT2D eigenvalue weighted by Crippen LogP contribution is -2.48. The summed E-state index contributed by atoms with van der Waals surface area (Å²) in [4.78, 5) is 32.7. The highest BCUT2D eigenvalue weighted by Gasteiger charge is 2.37. The summed E-state index contributed by atoms with van der Waals surface area (Å²) in [6, 6.07) is 5.66. The number of rotatable bonds is 4. The molecule has 2 saturated heterocycles. The van der Waals surface area contributed by atoms with E-state index in [1.165, 1.54) is 0 Å². The van der Waals surface area contributed by atoms with Crippen LogP contribution in [-0.4, -0.2) is 58.9 Å². The summed E-state index contributed by atoms with van der Waals surface area (Å²) in [6.45, 7) is 4.88. The topological polar surface area (TPSA) is 62.7 Å². The van der Waals surface area contributed by atoms with E-state index in [4.69, 9.17) is 4.74 Å². The van der Waals surface area contributed by atoms with Crippen LogP contribution >= 0.6 is 0 Å². The zero-order valence-electron chi connectivity index (χ0n) is 13.5. The van der Waals surface area contributed by atoms with Gasteiger partial charge >= 0.3 is 0 Å². The molecule has 3 heterocycles. The Balaban J connectivity index is 1.59. The summed E-state index contributed by atoms with van der Waals surface area (Å²) in [5.74, 6) is -0.111. The van der Waals surface area contributed by atoms with Crippen LogP contribution in [0.4, 0.5) is 0 Å². The Labute approximate surface area is 136 Å². The number of morpholine rings is 1. The molecule has 2 fully saturated rings. The van der Waals surface area contributed by atoms with Gasteiger partial charge in [-0.3, -0.25) is 14.6 Å². The molecule has 2 aliphatic rings. The van der Waals surface area contributed by atoms with Crippen molar-refractivity contribution >= 4 is 11.8 Å². The zero-order chi connectivity index (χ0) is 16.2. The molecule has 0 aliphatic carbocycles. The molecule has 2 amide bonds. The summed E-state index contributed by atoms with van der Waals surface area (Å²) in [5.41, 5.74) is 0.853. The van der Waals surface area contributed by atoms with Gasteiger partial charge in [0.2, 0.25) is 11.8 Å². The van der Waals surface area contributed by atoms with Crippen molar-refractivity contribution < 1.29 is 14.3 Å². The highest BCUT2D eigenvalue weighted by Crippen LogP contribution is 2.23. The van der Waals surface area contributed by atoms with Crippen LogP contribution in [0.3, 0.4) is 0 Å². The average Bonchev–Trinajstić information content (AvgIpc) is 2.96. The molecule has 0 bridgehead atoms. The molecule has 6 heteroatoms. The van der Waals surface area contributed by atoms with E-state index < -0.39 is 0 Å². The van der Waals surface area contributed by atoms with Crippen molar-refractivity contribution in [2.24, 2.45) is 5.92 Å². The lowest BCUT2D eigenvalue weighted by atomic mass is 10.1. The number of carbonyl (C=O) groups excluding carboxylic acids is 2. The Bertz CT molecular complexity index is 563. The maximum absolute atomic E-state index is 12.7. The third-order valence-electron chi connectivity index (χ3n) is 4.55. The number of hydrogen-bond acceptors (Lipinski definition) is 4. The van der Waals surface area contributed by atoms with Gasteiger partial charge in [0.25, 0.3) is 0 Å². The Hall–Kier alpha value is -1.95. The van der Waals surface area contributed by atoms with Crippen LogP contribution < -0.4 is 0 Å². The predicted molar refractivity (Wildman–Crippen MR) is 84.4 cm³/mol. The SMILES string of the molecule is CC[C@H]1CN(C(=O)[C@@H]2CC(=O)N(Cc3ccccn3)C2)CCO1. The maximum atomic E-state index is 12.7. The number of likely N-dealkylation sites (tertiary alicyclic amines) is 1. The highest BCUT2D eigenvalue weighted by molar-refractivity contribution is 5.89. The number of ether oxygens (including phenoxy) is 1. The highest BCUT2D eigenvalue weighted by atomic mass is 16.5. The first kappa shape index (κ1) is 15.9. The molecule has 1 aromatic rings. The number of hydrogen-bond donors (Lipinski definition) is 0. The summed E-state index contributed by atoms with van der Waals surface area (Å²) in [6.07, 6.45) is 3.05. The molecule has 0 spiro atoms. The maximum Gasteiger partial charge on any atom is 0.228 e. The smallest absolute Gasteiger partial charge is 0.228 e. The molecule has 0 saturated carbocycles. The molecule has 1 aromatic heterocycles. The van der Waals surface area contributed by atoms with Gasteiger partial charge in [-0.1, -0.05) is 13.0 Å². The number of aromatic nitrogens is 1. The van der Waals surface area contributed by atoms with Crippen LogP contribution in [0.2, 0.25) is 0 Å². The van der Waals surface area contributed by atoms with Crippen LogP contribution in [0, 0.1) is 5.92 Å². The summed E-state index contributed by atoms with van der Waals surface area (Å²) < 4.78 is 5.61. The molecular formula is C17H23N3O3. The standard InChI is InChI=1S/C17H23N3O3/c1-2-15-12-19(7-8-23-15)17(22)13-9-16(21)20(10-13)11-14-5-3-4-6-18-14/h3-6,13,15H,2,7-12H2,1H3/t13-,15+/m1/s1. The number of amides is 2. The molecule has 2 aliphatic heterocycles. The normalized spacial score (nSPS) is 25.0. The lowest BCUT2D eigenvalue weighted by Gasteiger charge is -2.34. The first-order valence-corrected chi connectivity index (χ1v) is 8.25. The van der Waals surface area contributed by atoms with Crippen molar-refractivity contribution in [3.63, 3.8) is 0 Å². The molecule has 23 heavy (non-hydrogen) atoms. The Morgan fingerprint density at radius 2 is 2.26 bits per heavy atom. The predicted octanol–water partition coefficient (Wildman–Crippen LogP) is 1.07. The molecule has 0 radical (unpaired) electrons. The van der Waals surface area contributed by atoms with Gasteiger partial charge in [0, 0.05) is 32.3 Å². The summed E-state index contributed by atoms with van der Waals surface area (Å²) in [5, 5.41) is 0. The van der Waals surface area contributed by atoms with E-state index in [2.05, 4.69) is 11.9 Å². The van der Waals surface area contributed by atoms with E-state index in [0.29, 0.717) is 39.2 Å². The van der Waals surface area contributed by atoms with Crippen molar-refractivity contribution in [3.05, 3.63) is 30.1 Å². The fourth-order valence-electron chi connectivity index (χ4n) is 3.20. The van der Waals surface area contributed by atoms with E-state index in [-0.39, 0.29) is 23.8 Å². The molecule has 0 aromatic carbocycles. The first-order valence-electron chi connectivity index (χ1n) is 8.25. The van der Waals surface area contributed by atoms with Gasteiger partial charge in [0.1, 0.15) is 0 Å². The number of carbonyl (C=O) groups is 2. The van der Waals surface area contributed by atoms with Crippen LogP contribution in [0.5, 0.6) is 0 Å². The van der Waals surface area contributed by atoms with Crippen LogP contribution in [0.25, 0.3) is 0 Å². The summed E-state index contributed by atoms with van der Waals surface area (Å²) in [7, 11) is 0. The fraction of sp³-hybridized carbons (Fsp3) is 0.588. The minimum Gasteiger partial charge on any atom is -0.375 e. The number of nitrogens with zero attached hydrogens (tertiary/aromatic N) is 3. The van der Waals surface area contributed by atoms with Gasteiger partial charge in [0.05, 0.1) is 30.9 Å². The lowest BCUT2D eigenvalue weighted by molar-refractivity contribution is -0.143. The Morgan fingerprint density at radius 3 is 3.00 bits per heavy atom. The first-order chi connectivity index (χ1) is 11.2. The second kappa shape index (κ2) is 7.08.